The highest BCUT2D eigenvalue weighted by Gasteiger charge is 2.15. The second-order valence-corrected chi connectivity index (χ2v) is 8.09. The molecule has 4 aromatic rings. The Morgan fingerprint density at radius 1 is 1.07 bits per heavy atom. The maximum absolute atomic E-state index is 12.4. The van der Waals surface area contributed by atoms with Crippen LogP contribution in [0.3, 0.4) is 0 Å². The van der Waals surface area contributed by atoms with Crippen LogP contribution in [0.15, 0.2) is 53.9 Å². The first-order valence-corrected chi connectivity index (χ1v) is 10.2. The van der Waals surface area contributed by atoms with Crippen LogP contribution in [-0.2, 0) is 13.1 Å². The summed E-state index contributed by atoms with van der Waals surface area (Å²) in [6.07, 6.45) is 0. The topological polar surface area (TPSA) is 46.9 Å². The molecular formula is C23H23N3OS. The Kier molecular flexibility index (Phi) is 5.01. The van der Waals surface area contributed by atoms with Gasteiger partial charge >= 0.3 is 0 Å². The number of aromatic nitrogens is 2. The van der Waals surface area contributed by atoms with Crippen molar-refractivity contribution in [3.63, 3.8) is 0 Å². The van der Waals surface area contributed by atoms with E-state index in [9.17, 15) is 4.79 Å². The van der Waals surface area contributed by atoms with Gasteiger partial charge in [-0.15, -0.1) is 11.3 Å². The highest BCUT2D eigenvalue weighted by atomic mass is 32.1. The lowest BCUT2D eigenvalue weighted by molar-refractivity contribution is 0.0953. The highest BCUT2D eigenvalue weighted by molar-refractivity contribution is 7.12. The number of carbonyl (C=O) groups excluding carboxylic acids is 1. The van der Waals surface area contributed by atoms with Crippen molar-refractivity contribution < 1.29 is 4.79 Å². The summed E-state index contributed by atoms with van der Waals surface area (Å²) in [7, 11) is 0. The minimum absolute atomic E-state index is 0.0590. The molecule has 0 unspecified atom stereocenters. The van der Waals surface area contributed by atoms with Crippen LogP contribution in [0.5, 0.6) is 0 Å². The molecule has 0 atom stereocenters. The van der Waals surface area contributed by atoms with Gasteiger partial charge in [-0.05, 0) is 61.0 Å². The molecule has 0 spiro atoms. The summed E-state index contributed by atoms with van der Waals surface area (Å²) in [4.78, 5) is 17.9. The second-order valence-electron chi connectivity index (χ2n) is 7.14. The summed E-state index contributed by atoms with van der Waals surface area (Å²) in [6, 6.07) is 16.3. The molecule has 4 rings (SSSR count). The number of thiophene rings is 1. The molecule has 5 heteroatoms. The average Bonchev–Trinajstić information content (AvgIpc) is 3.31. The molecule has 2 heterocycles. The van der Waals surface area contributed by atoms with Crippen molar-refractivity contribution in [2.24, 2.45) is 0 Å². The molecule has 2 aromatic heterocycles. The number of imidazole rings is 1. The van der Waals surface area contributed by atoms with Gasteiger partial charge < -0.3 is 9.88 Å². The highest BCUT2D eigenvalue weighted by Crippen LogP contribution is 2.22. The molecule has 0 aliphatic carbocycles. The van der Waals surface area contributed by atoms with Crippen LogP contribution in [0.25, 0.3) is 11.0 Å². The molecule has 0 aliphatic heterocycles. The van der Waals surface area contributed by atoms with Crippen molar-refractivity contribution in [1.82, 2.24) is 14.9 Å². The number of fused-ring (bicyclic) bond motifs is 1. The molecule has 0 bridgehead atoms. The maximum Gasteiger partial charge on any atom is 0.261 e. The number of benzene rings is 2. The molecule has 0 radical (unpaired) electrons. The number of aryl methyl sites for hydroxylation is 3. The van der Waals surface area contributed by atoms with Crippen molar-refractivity contribution in [2.45, 2.75) is 33.9 Å². The molecule has 1 N–H and O–H groups in total. The normalized spacial score (nSPS) is 11.1. The van der Waals surface area contributed by atoms with Crippen LogP contribution < -0.4 is 5.32 Å². The van der Waals surface area contributed by atoms with Gasteiger partial charge in [-0.2, -0.15) is 0 Å². The van der Waals surface area contributed by atoms with E-state index in [4.69, 9.17) is 4.98 Å². The Labute approximate surface area is 168 Å². The van der Waals surface area contributed by atoms with E-state index in [-0.39, 0.29) is 5.91 Å². The van der Waals surface area contributed by atoms with Crippen LogP contribution in [0.2, 0.25) is 0 Å². The van der Waals surface area contributed by atoms with E-state index in [1.807, 2.05) is 35.7 Å². The monoisotopic (exact) mass is 389 g/mol. The van der Waals surface area contributed by atoms with Crippen molar-refractivity contribution >= 4 is 28.3 Å². The first-order chi connectivity index (χ1) is 13.5. The third-order valence-electron chi connectivity index (χ3n) is 5.04. The average molecular weight is 390 g/mol. The van der Waals surface area contributed by atoms with Crippen molar-refractivity contribution in [2.75, 3.05) is 0 Å². The van der Waals surface area contributed by atoms with E-state index in [1.165, 1.54) is 33.6 Å². The van der Waals surface area contributed by atoms with Gasteiger partial charge in [-0.25, -0.2) is 4.98 Å². The summed E-state index contributed by atoms with van der Waals surface area (Å²) >= 11 is 1.44. The summed E-state index contributed by atoms with van der Waals surface area (Å²) < 4.78 is 2.22. The number of nitrogens with one attached hydrogen (secondary N) is 1. The lowest BCUT2D eigenvalue weighted by Gasteiger charge is -2.15. The zero-order valence-electron chi connectivity index (χ0n) is 16.3. The van der Waals surface area contributed by atoms with Gasteiger partial charge in [0, 0.05) is 6.54 Å². The molecule has 0 aliphatic rings. The molecule has 1 amide bonds. The largest absolute Gasteiger partial charge is 0.344 e. The summed E-state index contributed by atoms with van der Waals surface area (Å²) in [5.41, 5.74) is 7.18. The minimum Gasteiger partial charge on any atom is -0.344 e. The SMILES string of the molecule is Cc1cc(C)c(Cn2c(CNC(=O)c3cccs3)nc3ccccc32)c(C)c1. The van der Waals surface area contributed by atoms with Crippen LogP contribution >= 0.6 is 11.3 Å². The summed E-state index contributed by atoms with van der Waals surface area (Å²) in [6.45, 7) is 7.58. The maximum atomic E-state index is 12.4. The predicted molar refractivity (Wildman–Crippen MR) is 115 cm³/mol. The Morgan fingerprint density at radius 2 is 1.82 bits per heavy atom. The van der Waals surface area contributed by atoms with E-state index >= 15 is 0 Å². The minimum atomic E-state index is -0.0590. The molecule has 0 saturated carbocycles. The number of rotatable bonds is 5. The Bertz CT molecular complexity index is 1120. The van der Waals surface area contributed by atoms with E-state index in [0.29, 0.717) is 11.4 Å². The lowest BCUT2D eigenvalue weighted by Crippen LogP contribution is -2.24. The zero-order valence-corrected chi connectivity index (χ0v) is 17.1. The molecule has 142 valence electrons. The standard InChI is InChI=1S/C23H23N3OS/c1-15-11-16(2)18(17(3)12-15)14-26-20-8-5-4-7-19(20)25-22(26)13-24-23(27)21-9-6-10-28-21/h4-12H,13-14H2,1-3H3,(H,24,27). The fourth-order valence-corrected chi connectivity index (χ4v) is 4.35. The number of carbonyl (C=O) groups is 1. The van der Waals surface area contributed by atoms with Crippen molar-refractivity contribution in [3.05, 3.63) is 86.9 Å². The smallest absolute Gasteiger partial charge is 0.261 e. The van der Waals surface area contributed by atoms with Gasteiger partial charge in [0.2, 0.25) is 0 Å². The fourth-order valence-electron chi connectivity index (χ4n) is 3.71. The molecule has 2 aromatic carbocycles. The van der Waals surface area contributed by atoms with Crippen LogP contribution in [0.1, 0.15) is 37.7 Å². The van der Waals surface area contributed by atoms with Gasteiger partial charge in [-0.1, -0.05) is 35.9 Å². The molecular weight excluding hydrogens is 366 g/mol. The lowest BCUT2D eigenvalue weighted by atomic mass is 9.99. The van der Waals surface area contributed by atoms with Gasteiger partial charge in [0.05, 0.1) is 22.5 Å². The Hall–Kier alpha value is -2.92. The Morgan fingerprint density at radius 3 is 2.54 bits per heavy atom. The first kappa shape index (κ1) is 18.4. The van der Waals surface area contributed by atoms with E-state index in [0.717, 1.165) is 23.4 Å². The van der Waals surface area contributed by atoms with E-state index in [2.05, 4.69) is 48.9 Å². The molecule has 28 heavy (non-hydrogen) atoms. The summed E-state index contributed by atoms with van der Waals surface area (Å²) in [5, 5.41) is 4.92. The summed E-state index contributed by atoms with van der Waals surface area (Å²) in [5.74, 6) is 0.807. The van der Waals surface area contributed by atoms with E-state index < -0.39 is 0 Å². The number of nitrogens with zero attached hydrogens (tertiary/aromatic N) is 2. The third kappa shape index (κ3) is 3.58. The predicted octanol–water partition coefficient (Wildman–Crippen LogP) is 5.00. The van der Waals surface area contributed by atoms with Crippen LogP contribution in [0, 0.1) is 20.8 Å². The number of para-hydroxylation sites is 2. The van der Waals surface area contributed by atoms with Gasteiger partial charge in [0.1, 0.15) is 5.82 Å². The third-order valence-corrected chi connectivity index (χ3v) is 5.91. The van der Waals surface area contributed by atoms with Gasteiger partial charge in [-0.3, -0.25) is 4.79 Å². The van der Waals surface area contributed by atoms with Crippen LogP contribution in [0.4, 0.5) is 0 Å². The zero-order chi connectivity index (χ0) is 19.7. The number of amides is 1. The van der Waals surface area contributed by atoms with E-state index in [1.54, 1.807) is 0 Å². The quantitative estimate of drug-likeness (QED) is 0.522. The number of hydrogen-bond acceptors (Lipinski definition) is 3. The Balaban J connectivity index is 1.69. The van der Waals surface area contributed by atoms with Crippen molar-refractivity contribution in [3.8, 4) is 0 Å². The van der Waals surface area contributed by atoms with Crippen LogP contribution in [-0.4, -0.2) is 15.5 Å². The van der Waals surface area contributed by atoms with Gasteiger partial charge in [0.15, 0.2) is 0 Å². The second kappa shape index (κ2) is 7.60. The van der Waals surface area contributed by atoms with Gasteiger partial charge in [0.25, 0.3) is 5.91 Å². The molecule has 4 nitrogen and oxygen atoms in total. The molecule has 0 fully saturated rings. The fraction of sp³-hybridized carbons (Fsp3) is 0.217. The number of hydrogen-bond donors (Lipinski definition) is 1. The molecule has 0 saturated heterocycles. The van der Waals surface area contributed by atoms with Crippen molar-refractivity contribution in [1.29, 1.82) is 0 Å². The first-order valence-electron chi connectivity index (χ1n) is 9.35.